The average molecular weight is 263 g/mol. The van der Waals surface area contributed by atoms with Crippen LogP contribution in [0.5, 0.6) is 0 Å². The molecule has 102 valence electrons. The monoisotopic (exact) mass is 263 g/mol. The zero-order valence-corrected chi connectivity index (χ0v) is 10.5. The summed E-state index contributed by atoms with van der Waals surface area (Å²) >= 11 is 0. The van der Waals surface area contributed by atoms with Gasteiger partial charge in [0.05, 0.1) is 12.5 Å². The van der Waals surface area contributed by atoms with Crippen molar-refractivity contribution >= 4 is 11.9 Å². The van der Waals surface area contributed by atoms with Crippen LogP contribution < -0.4 is 5.32 Å². The molecule has 1 aromatic rings. The van der Waals surface area contributed by atoms with Crippen LogP contribution in [0.1, 0.15) is 35.2 Å². The van der Waals surface area contributed by atoms with Crippen molar-refractivity contribution in [2.75, 3.05) is 0 Å². The first-order valence-electron chi connectivity index (χ1n) is 6.33. The van der Waals surface area contributed by atoms with Crippen LogP contribution in [-0.4, -0.2) is 28.1 Å². The highest BCUT2D eigenvalue weighted by Gasteiger charge is 2.30. The van der Waals surface area contributed by atoms with Gasteiger partial charge in [0.2, 0.25) is 0 Å². The second-order valence-corrected chi connectivity index (χ2v) is 4.87. The predicted molar refractivity (Wildman–Crippen MR) is 68.6 cm³/mol. The summed E-state index contributed by atoms with van der Waals surface area (Å²) in [4.78, 5) is 22.8. The summed E-state index contributed by atoms with van der Waals surface area (Å²) in [5.41, 5.74) is 1.28. The van der Waals surface area contributed by atoms with Crippen LogP contribution in [-0.2, 0) is 11.4 Å². The SMILES string of the molecule is O=C(NC1CCC(C(=O)O)C1)c1ccc(CO)cc1. The highest BCUT2D eigenvalue weighted by atomic mass is 16.4. The molecule has 1 aliphatic carbocycles. The van der Waals surface area contributed by atoms with Crippen molar-refractivity contribution in [3.63, 3.8) is 0 Å². The topological polar surface area (TPSA) is 86.6 Å². The Kier molecular flexibility index (Phi) is 4.16. The molecule has 1 amide bonds. The molecule has 19 heavy (non-hydrogen) atoms. The van der Waals surface area contributed by atoms with Crippen molar-refractivity contribution in [2.45, 2.75) is 31.9 Å². The fourth-order valence-corrected chi connectivity index (χ4v) is 2.37. The maximum atomic E-state index is 12.0. The van der Waals surface area contributed by atoms with Gasteiger partial charge in [-0.1, -0.05) is 12.1 Å². The fraction of sp³-hybridized carbons (Fsp3) is 0.429. The van der Waals surface area contributed by atoms with Crippen LogP contribution in [0.25, 0.3) is 0 Å². The Morgan fingerprint density at radius 1 is 1.21 bits per heavy atom. The molecule has 3 N–H and O–H groups in total. The lowest BCUT2D eigenvalue weighted by atomic mass is 10.1. The summed E-state index contributed by atoms with van der Waals surface area (Å²) in [5, 5.41) is 20.7. The molecular weight excluding hydrogens is 246 g/mol. The third-order valence-electron chi connectivity index (χ3n) is 3.52. The number of nitrogens with one attached hydrogen (secondary N) is 1. The quantitative estimate of drug-likeness (QED) is 0.761. The van der Waals surface area contributed by atoms with Gasteiger partial charge in [0, 0.05) is 11.6 Å². The molecule has 1 aliphatic rings. The molecule has 2 unspecified atom stereocenters. The van der Waals surface area contributed by atoms with Gasteiger partial charge in [-0.05, 0) is 37.0 Å². The first-order valence-corrected chi connectivity index (χ1v) is 6.33. The van der Waals surface area contributed by atoms with Gasteiger partial charge in [-0.2, -0.15) is 0 Å². The molecule has 0 radical (unpaired) electrons. The summed E-state index contributed by atoms with van der Waals surface area (Å²) in [6, 6.07) is 6.65. The minimum absolute atomic E-state index is 0.0508. The van der Waals surface area contributed by atoms with Crippen LogP contribution >= 0.6 is 0 Å². The Morgan fingerprint density at radius 2 is 1.89 bits per heavy atom. The number of aliphatic hydroxyl groups is 1. The minimum Gasteiger partial charge on any atom is -0.481 e. The highest BCUT2D eigenvalue weighted by molar-refractivity contribution is 5.94. The number of carbonyl (C=O) groups is 2. The van der Waals surface area contributed by atoms with Crippen LogP contribution in [0.3, 0.4) is 0 Å². The number of aliphatic carboxylic acids is 1. The number of hydrogen-bond acceptors (Lipinski definition) is 3. The van der Waals surface area contributed by atoms with Gasteiger partial charge in [-0.15, -0.1) is 0 Å². The van der Waals surface area contributed by atoms with Crippen molar-refractivity contribution in [3.05, 3.63) is 35.4 Å². The number of hydrogen-bond donors (Lipinski definition) is 3. The van der Waals surface area contributed by atoms with Crippen LogP contribution in [0.2, 0.25) is 0 Å². The molecule has 5 nitrogen and oxygen atoms in total. The molecule has 2 atom stereocenters. The van der Waals surface area contributed by atoms with Crippen molar-refractivity contribution < 1.29 is 19.8 Å². The molecule has 1 saturated carbocycles. The third kappa shape index (κ3) is 3.32. The minimum atomic E-state index is -0.788. The lowest BCUT2D eigenvalue weighted by molar-refractivity contribution is -0.141. The van der Waals surface area contributed by atoms with E-state index in [1.165, 1.54) is 0 Å². The predicted octanol–water partition coefficient (Wildman–Crippen LogP) is 1.16. The maximum absolute atomic E-state index is 12.0. The van der Waals surface area contributed by atoms with E-state index in [-0.39, 0.29) is 24.5 Å². The van der Waals surface area contributed by atoms with Gasteiger partial charge in [0.25, 0.3) is 5.91 Å². The maximum Gasteiger partial charge on any atom is 0.306 e. The normalized spacial score (nSPS) is 22.2. The molecular formula is C14H17NO4. The van der Waals surface area contributed by atoms with E-state index >= 15 is 0 Å². The molecule has 0 aromatic heterocycles. The van der Waals surface area contributed by atoms with Gasteiger partial charge in [-0.25, -0.2) is 0 Å². The van der Waals surface area contributed by atoms with Crippen LogP contribution in [0.15, 0.2) is 24.3 Å². The van der Waals surface area contributed by atoms with Crippen molar-refractivity contribution in [3.8, 4) is 0 Å². The van der Waals surface area contributed by atoms with E-state index in [1.807, 2.05) is 0 Å². The Bertz CT molecular complexity index is 469. The average Bonchev–Trinajstić information content (AvgIpc) is 2.87. The summed E-state index contributed by atoms with van der Waals surface area (Å²) in [5.74, 6) is -1.33. The number of carboxylic acid groups (broad SMARTS) is 1. The fourth-order valence-electron chi connectivity index (χ4n) is 2.37. The lowest BCUT2D eigenvalue weighted by Crippen LogP contribution is -2.33. The van der Waals surface area contributed by atoms with Gasteiger partial charge in [0.1, 0.15) is 0 Å². The molecule has 1 fully saturated rings. The molecule has 2 rings (SSSR count). The number of carbonyl (C=O) groups excluding carboxylic acids is 1. The Labute approximate surface area is 111 Å². The van der Waals surface area contributed by atoms with Crippen LogP contribution in [0.4, 0.5) is 0 Å². The van der Waals surface area contributed by atoms with Crippen molar-refractivity contribution in [1.82, 2.24) is 5.32 Å². The molecule has 0 spiro atoms. The number of benzene rings is 1. The van der Waals surface area contributed by atoms with E-state index in [1.54, 1.807) is 24.3 Å². The van der Waals surface area contributed by atoms with Crippen molar-refractivity contribution in [2.24, 2.45) is 5.92 Å². The third-order valence-corrected chi connectivity index (χ3v) is 3.52. The Balaban J connectivity index is 1.92. The van der Waals surface area contributed by atoms with Gasteiger partial charge in [0.15, 0.2) is 0 Å². The number of amides is 1. The zero-order chi connectivity index (χ0) is 13.8. The molecule has 5 heteroatoms. The number of rotatable bonds is 4. The number of carboxylic acids is 1. The molecule has 0 heterocycles. The van der Waals surface area contributed by atoms with E-state index < -0.39 is 5.97 Å². The molecule has 0 aliphatic heterocycles. The van der Waals surface area contributed by atoms with E-state index in [2.05, 4.69) is 5.32 Å². The van der Waals surface area contributed by atoms with E-state index in [0.717, 1.165) is 5.56 Å². The summed E-state index contributed by atoms with van der Waals surface area (Å²) in [6.45, 7) is -0.0508. The largest absolute Gasteiger partial charge is 0.481 e. The lowest BCUT2D eigenvalue weighted by Gasteiger charge is -2.12. The molecule has 0 bridgehead atoms. The number of aliphatic hydroxyl groups excluding tert-OH is 1. The zero-order valence-electron chi connectivity index (χ0n) is 10.5. The Hall–Kier alpha value is -1.88. The van der Waals surface area contributed by atoms with Crippen LogP contribution in [0, 0.1) is 5.92 Å². The standard InChI is InChI=1S/C14H17NO4/c16-8-9-1-3-10(4-2-9)13(17)15-12-6-5-11(7-12)14(18)19/h1-4,11-12,16H,5-8H2,(H,15,17)(H,18,19). The Morgan fingerprint density at radius 3 is 2.42 bits per heavy atom. The van der Waals surface area contributed by atoms with E-state index in [9.17, 15) is 9.59 Å². The molecule has 1 aromatic carbocycles. The first kappa shape index (κ1) is 13.5. The first-order chi connectivity index (χ1) is 9.10. The van der Waals surface area contributed by atoms with Gasteiger partial charge in [-0.3, -0.25) is 9.59 Å². The molecule has 0 saturated heterocycles. The summed E-state index contributed by atoms with van der Waals surface area (Å²) in [7, 11) is 0. The second kappa shape index (κ2) is 5.84. The smallest absolute Gasteiger partial charge is 0.306 e. The summed E-state index contributed by atoms with van der Waals surface area (Å²) < 4.78 is 0. The van der Waals surface area contributed by atoms with Gasteiger partial charge >= 0.3 is 5.97 Å². The van der Waals surface area contributed by atoms with Crippen molar-refractivity contribution in [1.29, 1.82) is 0 Å². The van der Waals surface area contributed by atoms with E-state index in [0.29, 0.717) is 24.8 Å². The second-order valence-electron chi connectivity index (χ2n) is 4.87. The highest BCUT2D eigenvalue weighted by Crippen LogP contribution is 2.25. The summed E-state index contributed by atoms with van der Waals surface area (Å²) in [6.07, 6.45) is 1.82. The van der Waals surface area contributed by atoms with Gasteiger partial charge < -0.3 is 15.5 Å². The van der Waals surface area contributed by atoms with E-state index in [4.69, 9.17) is 10.2 Å².